The maximum atomic E-state index is 5.45. The molecule has 1 fully saturated rings. The highest BCUT2D eigenvalue weighted by Crippen LogP contribution is 2.25. The lowest BCUT2D eigenvalue weighted by atomic mass is 10.1. The predicted octanol–water partition coefficient (Wildman–Crippen LogP) is 2.64. The van der Waals surface area contributed by atoms with Crippen LogP contribution >= 0.6 is 0 Å². The number of rotatable bonds is 6. The van der Waals surface area contributed by atoms with E-state index in [1.54, 1.807) is 0 Å². The van der Waals surface area contributed by atoms with Crippen LogP contribution in [-0.4, -0.2) is 36.1 Å². The van der Waals surface area contributed by atoms with Crippen LogP contribution in [-0.2, 0) is 11.2 Å². The van der Waals surface area contributed by atoms with Crippen molar-refractivity contribution in [2.24, 2.45) is 5.92 Å². The van der Waals surface area contributed by atoms with Gasteiger partial charge in [0.2, 0.25) is 0 Å². The van der Waals surface area contributed by atoms with Gasteiger partial charge in [-0.2, -0.15) is 5.10 Å². The summed E-state index contributed by atoms with van der Waals surface area (Å²) in [6.45, 7) is 12.7. The Morgan fingerprint density at radius 3 is 2.65 bits per heavy atom. The molecule has 0 bridgehead atoms. The molecular weight excluding hydrogens is 250 g/mol. The van der Waals surface area contributed by atoms with Crippen molar-refractivity contribution in [3.05, 3.63) is 17.0 Å². The third-order valence-corrected chi connectivity index (χ3v) is 4.12. The first-order valence-electron chi connectivity index (χ1n) is 7.92. The average molecular weight is 279 g/mol. The summed E-state index contributed by atoms with van der Waals surface area (Å²) in [5.41, 5.74) is 3.97. The molecule has 1 saturated heterocycles. The van der Waals surface area contributed by atoms with Crippen LogP contribution in [0.15, 0.2) is 0 Å². The van der Waals surface area contributed by atoms with E-state index in [1.807, 2.05) is 0 Å². The SMILES string of the molecule is Cc1nn(C2CCOCC2)c(C)c1CCNCC(C)C. The van der Waals surface area contributed by atoms with E-state index in [-0.39, 0.29) is 0 Å². The monoisotopic (exact) mass is 279 g/mol. The standard InChI is InChI=1S/C16H29N3O/c1-12(2)11-17-8-5-16-13(3)18-19(14(16)4)15-6-9-20-10-7-15/h12,15,17H,5-11H2,1-4H3. The number of nitrogens with one attached hydrogen (secondary N) is 1. The van der Waals surface area contributed by atoms with Crippen molar-refractivity contribution >= 4 is 0 Å². The van der Waals surface area contributed by atoms with Crippen molar-refractivity contribution < 1.29 is 4.74 Å². The average Bonchev–Trinajstić information content (AvgIpc) is 2.71. The third-order valence-electron chi connectivity index (χ3n) is 4.12. The highest BCUT2D eigenvalue weighted by molar-refractivity contribution is 5.25. The topological polar surface area (TPSA) is 39.1 Å². The highest BCUT2D eigenvalue weighted by atomic mass is 16.5. The fourth-order valence-electron chi connectivity index (χ4n) is 2.95. The molecule has 0 spiro atoms. The maximum Gasteiger partial charge on any atom is 0.0629 e. The summed E-state index contributed by atoms with van der Waals surface area (Å²) in [6.07, 6.45) is 3.26. The number of hydrogen-bond donors (Lipinski definition) is 1. The molecule has 114 valence electrons. The number of aromatic nitrogens is 2. The van der Waals surface area contributed by atoms with Crippen molar-refractivity contribution in [2.45, 2.75) is 53.0 Å². The Kier molecular flexibility index (Phi) is 5.61. The summed E-state index contributed by atoms with van der Waals surface area (Å²) in [5, 5.41) is 8.30. The van der Waals surface area contributed by atoms with Crippen LogP contribution in [0.3, 0.4) is 0 Å². The Labute approximate surface area is 122 Å². The Morgan fingerprint density at radius 2 is 2.00 bits per heavy atom. The zero-order chi connectivity index (χ0) is 14.5. The fourth-order valence-corrected chi connectivity index (χ4v) is 2.95. The molecule has 0 saturated carbocycles. The van der Waals surface area contributed by atoms with Crippen LogP contribution in [0.25, 0.3) is 0 Å². The lowest BCUT2D eigenvalue weighted by Crippen LogP contribution is -2.23. The Morgan fingerprint density at radius 1 is 1.30 bits per heavy atom. The fraction of sp³-hybridized carbons (Fsp3) is 0.812. The molecule has 0 aromatic carbocycles. The summed E-state index contributed by atoms with van der Waals surface area (Å²) >= 11 is 0. The van der Waals surface area contributed by atoms with Crippen LogP contribution in [0.2, 0.25) is 0 Å². The Bertz CT molecular complexity index is 420. The summed E-state index contributed by atoms with van der Waals surface area (Å²) < 4.78 is 7.69. The number of hydrogen-bond acceptors (Lipinski definition) is 3. The Hall–Kier alpha value is -0.870. The van der Waals surface area contributed by atoms with E-state index < -0.39 is 0 Å². The molecule has 4 nitrogen and oxygen atoms in total. The molecule has 0 unspecified atom stereocenters. The quantitative estimate of drug-likeness (QED) is 0.814. The van der Waals surface area contributed by atoms with E-state index in [0.717, 1.165) is 45.6 Å². The van der Waals surface area contributed by atoms with E-state index in [4.69, 9.17) is 9.84 Å². The van der Waals surface area contributed by atoms with E-state index in [0.29, 0.717) is 12.0 Å². The third kappa shape index (κ3) is 3.83. The van der Waals surface area contributed by atoms with Gasteiger partial charge in [0.05, 0.1) is 11.7 Å². The largest absolute Gasteiger partial charge is 0.381 e. The second-order valence-electron chi connectivity index (χ2n) is 6.29. The van der Waals surface area contributed by atoms with Gasteiger partial charge in [-0.05, 0) is 57.7 Å². The number of nitrogens with zero attached hydrogens (tertiary/aromatic N) is 2. The van der Waals surface area contributed by atoms with E-state index >= 15 is 0 Å². The molecule has 1 aliphatic rings. The second-order valence-corrected chi connectivity index (χ2v) is 6.29. The van der Waals surface area contributed by atoms with Crippen molar-refractivity contribution in [1.29, 1.82) is 0 Å². The molecule has 4 heteroatoms. The molecule has 1 aromatic heterocycles. The predicted molar refractivity (Wildman–Crippen MR) is 82.2 cm³/mol. The zero-order valence-electron chi connectivity index (χ0n) is 13.4. The van der Waals surface area contributed by atoms with Gasteiger partial charge in [-0.25, -0.2) is 0 Å². The molecular formula is C16H29N3O. The number of aryl methyl sites for hydroxylation is 1. The van der Waals surface area contributed by atoms with Crippen LogP contribution in [0, 0.1) is 19.8 Å². The Balaban J connectivity index is 1.97. The molecule has 1 aromatic rings. The van der Waals surface area contributed by atoms with E-state index in [2.05, 4.69) is 37.7 Å². The highest BCUT2D eigenvalue weighted by Gasteiger charge is 2.20. The molecule has 20 heavy (non-hydrogen) atoms. The van der Waals surface area contributed by atoms with E-state index in [9.17, 15) is 0 Å². The van der Waals surface area contributed by atoms with Gasteiger partial charge < -0.3 is 10.1 Å². The molecule has 0 aliphatic carbocycles. The van der Waals surface area contributed by atoms with Crippen LogP contribution in [0.4, 0.5) is 0 Å². The van der Waals surface area contributed by atoms with Gasteiger partial charge in [0.1, 0.15) is 0 Å². The summed E-state index contributed by atoms with van der Waals surface area (Å²) in [5.74, 6) is 0.710. The number of ether oxygens (including phenoxy) is 1. The minimum absolute atomic E-state index is 0.528. The minimum atomic E-state index is 0.528. The van der Waals surface area contributed by atoms with Gasteiger partial charge in [0, 0.05) is 18.9 Å². The van der Waals surface area contributed by atoms with Gasteiger partial charge in [-0.1, -0.05) is 13.8 Å². The van der Waals surface area contributed by atoms with Crippen molar-refractivity contribution in [1.82, 2.24) is 15.1 Å². The normalized spacial score (nSPS) is 17.1. The van der Waals surface area contributed by atoms with Gasteiger partial charge in [-0.3, -0.25) is 4.68 Å². The molecule has 0 radical (unpaired) electrons. The zero-order valence-corrected chi connectivity index (χ0v) is 13.4. The van der Waals surface area contributed by atoms with Crippen LogP contribution in [0.5, 0.6) is 0 Å². The molecule has 2 heterocycles. The first-order valence-corrected chi connectivity index (χ1v) is 7.92. The van der Waals surface area contributed by atoms with Crippen LogP contribution < -0.4 is 5.32 Å². The lowest BCUT2D eigenvalue weighted by Gasteiger charge is -2.23. The van der Waals surface area contributed by atoms with Gasteiger partial charge in [0.25, 0.3) is 0 Å². The van der Waals surface area contributed by atoms with Crippen LogP contribution in [0.1, 0.15) is 49.7 Å². The summed E-state index contributed by atoms with van der Waals surface area (Å²) in [6, 6.07) is 0.528. The van der Waals surface area contributed by atoms with Crippen molar-refractivity contribution in [3.8, 4) is 0 Å². The molecule has 1 aliphatic heterocycles. The van der Waals surface area contributed by atoms with Gasteiger partial charge in [0.15, 0.2) is 0 Å². The molecule has 0 atom stereocenters. The summed E-state index contributed by atoms with van der Waals surface area (Å²) in [4.78, 5) is 0. The first-order chi connectivity index (χ1) is 9.59. The van der Waals surface area contributed by atoms with Gasteiger partial charge in [-0.15, -0.1) is 0 Å². The van der Waals surface area contributed by atoms with Crippen molar-refractivity contribution in [2.75, 3.05) is 26.3 Å². The van der Waals surface area contributed by atoms with Crippen molar-refractivity contribution in [3.63, 3.8) is 0 Å². The minimum Gasteiger partial charge on any atom is -0.381 e. The van der Waals surface area contributed by atoms with Gasteiger partial charge >= 0.3 is 0 Å². The van der Waals surface area contributed by atoms with E-state index in [1.165, 1.54) is 17.0 Å². The maximum absolute atomic E-state index is 5.45. The first kappa shape index (κ1) is 15.5. The summed E-state index contributed by atoms with van der Waals surface area (Å²) in [7, 11) is 0. The lowest BCUT2D eigenvalue weighted by molar-refractivity contribution is 0.0656. The smallest absolute Gasteiger partial charge is 0.0629 e. The molecule has 0 amide bonds. The molecule has 1 N–H and O–H groups in total. The second kappa shape index (κ2) is 7.23. The molecule has 2 rings (SSSR count).